The molecular formula is C21H26F3N7O3. The van der Waals surface area contributed by atoms with Crippen LogP contribution in [-0.2, 0) is 11.0 Å². The molecule has 4 N–H and O–H groups in total. The van der Waals surface area contributed by atoms with Crippen LogP contribution < -0.4 is 25.8 Å². The molecule has 0 fully saturated rings. The van der Waals surface area contributed by atoms with Crippen LogP contribution in [0.3, 0.4) is 0 Å². The van der Waals surface area contributed by atoms with E-state index in [0.29, 0.717) is 6.54 Å². The minimum absolute atomic E-state index is 0.0377. The van der Waals surface area contributed by atoms with Gasteiger partial charge in [-0.2, -0.15) is 28.4 Å². The van der Waals surface area contributed by atoms with E-state index in [2.05, 4.69) is 20.6 Å². The van der Waals surface area contributed by atoms with Crippen LogP contribution in [0.1, 0.15) is 25.0 Å². The normalized spacial score (nSPS) is 12.1. The van der Waals surface area contributed by atoms with Crippen LogP contribution in [0.15, 0.2) is 18.2 Å². The Labute approximate surface area is 194 Å². The van der Waals surface area contributed by atoms with Crippen LogP contribution in [0.5, 0.6) is 11.6 Å². The summed E-state index contributed by atoms with van der Waals surface area (Å²) >= 11 is 0. The van der Waals surface area contributed by atoms with Crippen molar-refractivity contribution in [3.8, 4) is 17.7 Å². The third-order valence-corrected chi connectivity index (χ3v) is 4.34. The summed E-state index contributed by atoms with van der Waals surface area (Å²) in [5.41, 5.74) is 4.51. The van der Waals surface area contributed by atoms with Gasteiger partial charge in [-0.05, 0) is 40.1 Å². The molecule has 2 aromatic rings. The quantitative estimate of drug-likeness (QED) is 0.467. The number of nitrogens with two attached hydrogens (primary N) is 1. The average molecular weight is 481 g/mol. The van der Waals surface area contributed by atoms with E-state index >= 15 is 0 Å². The Bertz CT molecular complexity index is 1060. The molecule has 13 heteroatoms. The Hall–Kier alpha value is -3.79. The molecule has 0 bridgehead atoms. The zero-order valence-corrected chi connectivity index (χ0v) is 19.2. The van der Waals surface area contributed by atoms with Crippen molar-refractivity contribution < 1.29 is 27.4 Å². The number of nitriles is 1. The fraction of sp³-hybridized carbons (Fsp3) is 0.429. The summed E-state index contributed by atoms with van der Waals surface area (Å²) in [6, 6.07) is 3.84. The standard InChI is InChI=1S/C21H26F3N7O3/c1-5-33-19-16(11-25)17(29-20(26)30-19)27-12(2)18(32)28-14-8-13(21(22,23)24)9-15(10-14)34-7-6-31(3)4/h8-10,12H,5-7H2,1-4H3,(H,28,32)(H3,26,27,29,30)/t12-/m0/s1. The highest BCUT2D eigenvalue weighted by Crippen LogP contribution is 2.34. The Kier molecular flexibility index (Phi) is 8.85. The van der Waals surface area contributed by atoms with E-state index in [1.807, 2.05) is 11.0 Å². The van der Waals surface area contributed by atoms with Gasteiger partial charge in [0.25, 0.3) is 0 Å². The fourth-order valence-corrected chi connectivity index (χ4v) is 2.69. The molecule has 0 saturated carbocycles. The van der Waals surface area contributed by atoms with Gasteiger partial charge in [-0.15, -0.1) is 0 Å². The lowest BCUT2D eigenvalue weighted by Crippen LogP contribution is -2.32. The van der Waals surface area contributed by atoms with Gasteiger partial charge < -0.3 is 30.7 Å². The molecule has 1 atom stereocenters. The average Bonchev–Trinajstić information content (AvgIpc) is 2.72. The van der Waals surface area contributed by atoms with Crippen LogP contribution in [0.2, 0.25) is 0 Å². The summed E-state index contributed by atoms with van der Waals surface area (Å²) in [5, 5.41) is 14.6. The molecule has 1 aromatic heterocycles. The lowest BCUT2D eigenvalue weighted by atomic mass is 10.1. The molecule has 0 unspecified atom stereocenters. The Balaban J connectivity index is 2.23. The molecule has 0 saturated heterocycles. The van der Waals surface area contributed by atoms with Crippen LogP contribution in [-0.4, -0.2) is 60.7 Å². The number of nitrogen functional groups attached to an aromatic ring is 1. The molecule has 1 amide bonds. The Morgan fingerprint density at radius 3 is 2.56 bits per heavy atom. The number of anilines is 3. The van der Waals surface area contributed by atoms with E-state index in [0.717, 1.165) is 12.1 Å². The first-order chi connectivity index (χ1) is 15.9. The zero-order valence-electron chi connectivity index (χ0n) is 19.2. The largest absolute Gasteiger partial charge is 0.492 e. The molecule has 10 nitrogen and oxygen atoms in total. The van der Waals surface area contributed by atoms with E-state index in [-0.39, 0.29) is 47.9 Å². The zero-order chi connectivity index (χ0) is 25.5. The van der Waals surface area contributed by atoms with Crippen molar-refractivity contribution in [3.05, 3.63) is 29.3 Å². The van der Waals surface area contributed by atoms with Gasteiger partial charge >= 0.3 is 6.18 Å². The number of nitrogens with one attached hydrogen (secondary N) is 2. The molecule has 1 heterocycles. The smallest absolute Gasteiger partial charge is 0.416 e. The Morgan fingerprint density at radius 1 is 1.26 bits per heavy atom. The minimum Gasteiger partial charge on any atom is -0.492 e. The summed E-state index contributed by atoms with van der Waals surface area (Å²) in [6.45, 7) is 4.00. The van der Waals surface area contributed by atoms with Crippen LogP contribution in [0.4, 0.5) is 30.6 Å². The highest BCUT2D eigenvalue weighted by atomic mass is 19.4. The van der Waals surface area contributed by atoms with Crippen molar-refractivity contribution in [1.82, 2.24) is 14.9 Å². The van der Waals surface area contributed by atoms with Crippen molar-refractivity contribution in [3.63, 3.8) is 0 Å². The maximum Gasteiger partial charge on any atom is 0.416 e. The number of carbonyl (C=O) groups excluding carboxylic acids is 1. The van der Waals surface area contributed by atoms with E-state index in [4.69, 9.17) is 15.2 Å². The number of aromatic nitrogens is 2. The van der Waals surface area contributed by atoms with Crippen LogP contribution in [0, 0.1) is 11.3 Å². The summed E-state index contributed by atoms with van der Waals surface area (Å²) in [7, 11) is 3.60. The number of likely N-dealkylation sites (N-methyl/N-ethyl adjacent to an activating group) is 1. The molecule has 2 rings (SSSR count). The van der Waals surface area contributed by atoms with Crippen molar-refractivity contribution in [2.75, 3.05) is 50.2 Å². The highest BCUT2D eigenvalue weighted by Gasteiger charge is 2.32. The second-order valence-corrected chi connectivity index (χ2v) is 7.41. The predicted octanol–water partition coefficient (Wildman–Crippen LogP) is 2.73. The number of halogens is 3. The number of carbonyl (C=O) groups is 1. The molecule has 0 radical (unpaired) electrons. The van der Waals surface area contributed by atoms with Crippen LogP contribution in [0.25, 0.3) is 0 Å². The van der Waals surface area contributed by atoms with Gasteiger partial charge in [0.05, 0.1) is 12.2 Å². The van der Waals surface area contributed by atoms with Gasteiger partial charge in [-0.25, -0.2) is 0 Å². The third-order valence-electron chi connectivity index (χ3n) is 4.34. The SMILES string of the molecule is CCOc1nc(N)nc(N[C@@H](C)C(=O)Nc2cc(OCCN(C)C)cc(C(F)(F)F)c2)c1C#N. The number of amides is 1. The Morgan fingerprint density at radius 2 is 1.97 bits per heavy atom. The van der Waals surface area contributed by atoms with Gasteiger partial charge in [0.15, 0.2) is 11.4 Å². The van der Waals surface area contributed by atoms with E-state index in [1.54, 1.807) is 21.0 Å². The summed E-state index contributed by atoms with van der Waals surface area (Å²) in [4.78, 5) is 22.3. The summed E-state index contributed by atoms with van der Waals surface area (Å²) in [5.74, 6) is -1.00. The topological polar surface area (TPSA) is 138 Å². The number of rotatable bonds is 10. The molecule has 0 aliphatic carbocycles. The molecule has 0 aliphatic heterocycles. The van der Waals surface area contributed by atoms with Gasteiger partial charge in [-0.1, -0.05) is 0 Å². The minimum atomic E-state index is -4.64. The van der Waals surface area contributed by atoms with E-state index in [9.17, 15) is 23.2 Å². The van der Waals surface area contributed by atoms with Gasteiger partial charge in [-0.3, -0.25) is 4.79 Å². The molecule has 1 aromatic carbocycles. The molecule has 0 spiro atoms. The maximum absolute atomic E-state index is 13.3. The summed E-state index contributed by atoms with van der Waals surface area (Å²) in [6.07, 6.45) is -4.64. The second kappa shape index (κ2) is 11.4. The van der Waals surface area contributed by atoms with Crippen molar-refractivity contribution in [2.24, 2.45) is 0 Å². The predicted molar refractivity (Wildman–Crippen MR) is 120 cm³/mol. The maximum atomic E-state index is 13.3. The highest BCUT2D eigenvalue weighted by molar-refractivity contribution is 5.96. The number of hydrogen-bond donors (Lipinski definition) is 3. The molecule has 34 heavy (non-hydrogen) atoms. The first-order valence-electron chi connectivity index (χ1n) is 10.2. The number of benzene rings is 1. The summed E-state index contributed by atoms with van der Waals surface area (Å²) < 4.78 is 50.7. The molecule has 0 aliphatic rings. The number of alkyl halides is 3. The van der Waals surface area contributed by atoms with Gasteiger partial charge in [0, 0.05) is 18.3 Å². The van der Waals surface area contributed by atoms with Crippen LogP contribution >= 0.6 is 0 Å². The first kappa shape index (κ1) is 26.5. The van der Waals surface area contributed by atoms with Gasteiger partial charge in [0.1, 0.15) is 24.5 Å². The fourth-order valence-electron chi connectivity index (χ4n) is 2.69. The third kappa shape index (κ3) is 7.38. The van der Waals surface area contributed by atoms with Crippen molar-refractivity contribution >= 4 is 23.4 Å². The lowest BCUT2D eigenvalue weighted by Gasteiger charge is -2.18. The first-order valence-corrected chi connectivity index (χ1v) is 10.2. The second-order valence-electron chi connectivity index (χ2n) is 7.41. The monoisotopic (exact) mass is 481 g/mol. The molecule has 184 valence electrons. The number of nitrogens with zero attached hydrogens (tertiary/aromatic N) is 4. The molecular weight excluding hydrogens is 455 g/mol. The number of hydrogen-bond acceptors (Lipinski definition) is 9. The van der Waals surface area contributed by atoms with E-state index < -0.39 is 23.7 Å². The van der Waals surface area contributed by atoms with E-state index in [1.165, 1.54) is 13.0 Å². The van der Waals surface area contributed by atoms with Crippen molar-refractivity contribution in [2.45, 2.75) is 26.1 Å². The van der Waals surface area contributed by atoms with Gasteiger partial charge in [0.2, 0.25) is 17.7 Å². The lowest BCUT2D eigenvalue weighted by molar-refractivity contribution is -0.137. The number of ether oxygens (including phenoxy) is 2. The van der Waals surface area contributed by atoms with Crippen molar-refractivity contribution in [1.29, 1.82) is 5.26 Å².